The third-order valence-electron chi connectivity index (χ3n) is 3.27. The number of hydrogen-bond acceptors (Lipinski definition) is 6. The minimum atomic E-state index is -4.04. The third kappa shape index (κ3) is 4.26. The number of ketones is 1. The van der Waals surface area contributed by atoms with E-state index in [2.05, 4.69) is 16.4 Å². The minimum Gasteiger partial charge on any atom is -0.434 e. The standard InChI is InChI=1S/C16H16F2N2O5S/c1-4-9-26(22,23)25-15-13(10(2)19-20(15)3)14(21)11-7-5-6-8-12(11)24-16(17)18/h4-8,16H,1,9H2,2-3H3. The van der Waals surface area contributed by atoms with Gasteiger partial charge in [-0.25, -0.2) is 4.68 Å². The highest BCUT2D eigenvalue weighted by atomic mass is 32.2. The second-order valence-corrected chi connectivity index (χ2v) is 6.80. The van der Waals surface area contributed by atoms with Crippen LogP contribution in [0.15, 0.2) is 36.9 Å². The highest BCUT2D eigenvalue weighted by Crippen LogP contribution is 2.30. The predicted octanol–water partition coefficient (Wildman–Crippen LogP) is 2.46. The Kier molecular flexibility index (Phi) is 5.76. The van der Waals surface area contributed by atoms with Crippen molar-refractivity contribution < 1.29 is 30.9 Å². The van der Waals surface area contributed by atoms with Crippen LogP contribution in [0.4, 0.5) is 8.78 Å². The van der Waals surface area contributed by atoms with E-state index in [1.54, 1.807) is 0 Å². The summed E-state index contributed by atoms with van der Waals surface area (Å²) in [5.74, 6) is -1.89. The molecule has 0 radical (unpaired) electrons. The van der Waals surface area contributed by atoms with Crippen LogP contribution in [0.5, 0.6) is 11.6 Å². The molecule has 0 N–H and O–H groups in total. The number of benzene rings is 1. The molecule has 140 valence electrons. The van der Waals surface area contributed by atoms with Crippen molar-refractivity contribution >= 4 is 15.9 Å². The summed E-state index contributed by atoms with van der Waals surface area (Å²) in [7, 11) is -2.65. The van der Waals surface area contributed by atoms with Crippen LogP contribution in [0.1, 0.15) is 21.6 Å². The van der Waals surface area contributed by atoms with Crippen molar-refractivity contribution in [2.24, 2.45) is 7.05 Å². The first-order chi connectivity index (χ1) is 12.2. The first-order valence-corrected chi connectivity index (χ1v) is 8.89. The number of halogens is 2. The van der Waals surface area contributed by atoms with E-state index in [9.17, 15) is 22.0 Å². The van der Waals surface area contributed by atoms with E-state index in [-0.39, 0.29) is 28.5 Å². The van der Waals surface area contributed by atoms with E-state index in [0.717, 1.165) is 10.8 Å². The molecule has 0 aliphatic rings. The number of carbonyl (C=O) groups excluding carboxylic acids is 1. The summed E-state index contributed by atoms with van der Waals surface area (Å²) in [5, 5.41) is 3.98. The van der Waals surface area contributed by atoms with Gasteiger partial charge in [0.25, 0.3) is 0 Å². The smallest absolute Gasteiger partial charge is 0.387 e. The zero-order valence-corrected chi connectivity index (χ0v) is 14.8. The van der Waals surface area contributed by atoms with Gasteiger partial charge in [-0.3, -0.25) is 4.79 Å². The van der Waals surface area contributed by atoms with Crippen LogP contribution in [0.2, 0.25) is 0 Å². The number of hydrogen-bond donors (Lipinski definition) is 0. The Morgan fingerprint density at radius 1 is 1.38 bits per heavy atom. The molecule has 0 spiro atoms. The van der Waals surface area contributed by atoms with Gasteiger partial charge in [0.15, 0.2) is 0 Å². The summed E-state index contributed by atoms with van der Waals surface area (Å²) in [6.07, 6.45) is 1.13. The lowest BCUT2D eigenvalue weighted by molar-refractivity contribution is -0.0501. The summed E-state index contributed by atoms with van der Waals surface area (Å²) >= 11 is 0. The lowest BCUT2D eigenvalue weighted by atomic mass is 10.0. The molecule has 0 amide bonds. The Morgan fingerprint density at radius 3 is 2.65 bits per heavy atom. The monoisotopic (exact) mass is 386 g/mol. The van der Waals surface area contributed by atoms with Crippen LogP contribution >= 0.6 is 0 Å². The summed E-state index contributed by atoms with van der Waals surface area (Å²) in [4.78, 5) is 12.9. The molecule has 0 aliphatic carbocycles. The summed E-state index contributed by atoms with van der Waals surface area (Å²) in [6, 6.07) is 5.39. The number of carbonyl (C=O) groups is 1. The van der Waals surface area contributed by atoms with Crippen molar-refractivity contribution in [3.05, 3.63) is 53.7 Å². The van der Waals surface area contributed by atoms with Crippen molar-refractivity contribution in [3.63, 3.8) is 0 Å². The van der Waals surface area contributed by atoms with Crippen LogP contribution in [0, 0.1) is 6.92 Å². The molecule has 7 nitrogen and oxygen atoms in total. The lowest BCUT2D eigenvalue weighted by Crippen LogP contribution is -2.17. The molecule has 1 aromatic heterocycles. The Morgan fingerprint density at radius 2 is 2.04 bits per heavy atom. The molecule has 0 aliphatic heterocycles. The van der Waals surface area contributed by atoms with E-state index in [0.29, 0.717) is 0 Å². The van der Waals surface area contributed by atoms with E-state index in [4.69, 9.17) is 4.18 Å². The van der Waals surface area contributed by atoms with Gasteiger partial charge in [0, 0.05) is 7.05 Å². The van der Waals surface area contributed by atoms with Crippen molar-refractivity contribution in [3.8, 4) is 11.6 Å². The molecular formula is C16H16F2N2O5S. The Bertz CT molecular complexity index is 938. The van der Waals surface area contributed by atoms with E-state index in [1.165, 1.54) is 38.2 Å². The predicted molar refractivity (Wildman–Crippen MR) is 89.1 cm³/mol. The summed E-state index contributed by atoms with van der Waals surface area (Å²) in [6.45, 7) is 1.67. The topological polar surface area (TPSA) is 87.5 Å². The van der Waals surface area contributed by atoms with Crippen LogP contribution in [-0.2, 0) is 17.2 Å². The highest BCUT2D eigenvalue weighted by Gasteiger charge is 2.28. The molecule has 0 atom stereocenters. The maximum atomic E-state index is 12.9. The molecule has 0 saturated carbocycles. The van der Waals surface area contributed by atoms with Crippen molar-refractivity contribution in [2.45, 2.75) is 13.5 Å². The molecule has 0 saturated heterocycles. The third-order valence-corrected chi connectivity index (χ3v) is 4.33. The van der Waals surface area contributed by atoms with Gasteiger partial charge in [0.1, 0.15) is 17.1 Å². The van der Waals surface area contributed by atoms with Gasteiger partial charge in [-0.1, -0.05) is 18.2 Å². The molecular weight excluding hydrogens is 370 g/mol. The van der Waals surface area contributed by atoms with Crippen LogP contribution in [-0.4, -0.2) is 36.3 Å². The van der Waals surface area contributed by atoms with Crippen LogP contribution < -0.4 is 8.92 Å². The van der Waals surface area contributed by atoms with Gasteiger partial charge in [0.2, 0.25) is 11.7 Å². The molecule has 1 heterocycles. The van der Waals surface area contributed by atoms with Gasteiger partial charge >= 0.3 is 16.7 Å². The summed E-state index contributed by atoms with van der Waals surface area (Å²) < 4.78 is 59.4. The zero-order valence-electron chi connectivity index (χ0n) is 14.0. The van der Waals surface area contributed by atoms with Gasteiger partial charge in [-0.15, -0.1) is 6.58 Å². The highest BCUT2D eigenvalue weighted by molar-refractivity contribution is 7.87. The molecule has 26 heavy (non-hydrogen) atoms. The Hall–Kier alpha value is -2.75. The van der Waals surface area contributed by atoms with Crippen molar-refractivity contribution in [2.75, 3.05) is 5.75 Å². The van der Waals surface area contributed by atoms with Crippen LogP contribution in [0.25, 0.3) is 0 Å². The maximum Gasteiger partial charge on any atom is 0.387 e. The van der Waals surface area contributed by atoms with Crippen molar-refractivity contribution in [1.82, 2.24) is 9.78 Å². The Balaban J connectivity index is 2.53. The fourth-order valence-corrected chi connectivity index (χ4v) is 3.07. The SMILES string of the molecule is C=CCS(=O)(=O)Oc1c(C(=O)c2ccccc2OC(F)F)c(C)nn1C. The molecule has 1 aromatic carbocycles. The average Bonchev–Trinajstić information content (AvgIpc) is 2.80. The number of ether oxygens (including phenoxy) is 1. The number of rotatable bonds is 8. The number of para-hydroxylation sites is 1. The van der Waals surface area contributed by atoms with E-state index < -0.39 is 28.3 Å². The lowest BCUT2D eigenvalue weighted by Gasteiger charge is -2.11. The molecule has 10 heteroatoms. The number of aromatic nitrogens is 2. The Labute approximate surface area is 149 Å². The average molecular weight is 386 g/mol. The van der Waals surface area contributed by atoms with E-state index >= 15 is 0 Å². The van der Waals surface area contributed by atoms with Gasteiger partial charge < -0.3 is 8.92 Å². The first-order valence-electron chi connectivity index (χ1n) is 7.31. The molecule has 0 bridgehead atoms. The fourth-order valence-electron chi connectivity index (χ4n) is 2.28. The zero-order chi connectivity index (χ0) is 19.5. The van der Waals surface area contributed by atoms with Crippen molar-refractivity contribution in [1.29, 1.82) is 0 Å². The normalized spacial score (nSPS) is 11.4. The largest absolute Gasteiger partial charge is 0.434 e. The molecule has 0 unspecified atom stereocenters. The van der Waals surface area contributed by atoms with Gasteiger partial charge in [-0.2, -0.15) is 22.3 Å². The molecule has 2 rings (SSSR count). The molecule has 0 fully saturated rings. The van der Waals surface area contributed by atoms with Gasteiger partial charge in [-0.05, 0) is 19.1 Å². The number of aryl methyl sites for hydroxylation is 2. The fraction of sp³-hybridized carbons (Fsp3) is 0.250. The number of alkyl halides is 2. The maximum absolute atomic E-state index is 12.9. The van der Waals surface area contributed by atoms with Gasteiger partial charge in [0.05, 0.1) is 11.3 Å². The summed E-state index contributed by atoms with van der Waals surface area (Å²) in [5.41, 5.74) is -0.159. The van der Waals surface area contributed by atoms with E-state index in [1.807, 2.05) is 0 Å². The molecule has 2 aromatic rings. The second-order valence-electron chi connectivity index (χ2n) is 5.19. The van der Waals surface area contributed by atoms with Crippen LogP contribution in [0.3, 0.4) is 0 Å². The first kappa shape index (κ1) is 19.6. The number of nitrogens with zero attached hydrogens (tertiary/aromatic N) is 2. The minimum absolute atomic E-state index is 0.162. The second kappa shape index (κ2) is 7.65. The quantitative estimate of drug-likeness (QED) is 0.393.